The van der Waals surface area contributed by atoms with E-state index in [2.05, 4.69) is 51.7 Å². The van der Waals surface area contributed by atoms with Gasteiger partial charge in [0, 0.05) is 20.1 Å². The molecule has 24 heavy (non-hydrogen) atoms. The Balaban J connectivity index is 1.49. The van der Waals surface area contributed by atoms with Gasteiger partial charge in [0.25, 0.3) is 5.91 Å². The Bertz CT molecular complexity index is 671. The number of likely N-dealkylation sites (tertiary alicyclic amines) is 1. The van der Waals surface area contributed by atoms with Crippen LogP contribution in [0.5, 0.6) is 0 Å². The van der Waals surface area contributed by atoms with E-state index in [1.165, 1.54) is 42.4 Å². The maximum Gasteiger partial charge on any atom is 0.271 e. The number of aryl methyl sites for hydroxylation is 1. The van der Waals surface area contributed by atoms with Gasteiger partial charge in [0.2, 0.25) is 0 Å². The summed E-state index contributed by atoms with van der Waals surface area (Å²) < 4.78 is 1.47. The number of benzene rings is 1. The first-order chi connectivity index (χ1) is 11.6. The minimum Gasteiger partial charge on any atom is -0.347 e. The molecule has 0 radical (unpaired) electrons. The largest absolute Gasteiger partial charge is 0.347 e. The van der Waals surface area contributed by atoms with E-state index >= 15 is 0 Å². The molecule has 1 aliphatic heterocycles. The molecule has 0 spiro atoms. The number of amides is 1. The summed E-state index contributed by atoms with van der Waals surface area (Å²) in [7, 11) is 1.71. The lowest BCUT2D eigenvalue weighted by Crippen LogP contribution is -2.32. The highest BCUT2D eigenvalue weighted by molar-refractivity contribution is 5.92. The zero-order valence-corrected chi connectivity index (χ0v) is 14.4. The second-order valence-electron chi connectivity index (χ2n) is 6.70. The summed E-state index contributed by atoms with van der Waals surface area (Å²) in [5.41, 5.74) is 2.89. The van der Waals surface area contributed by atoms with Gasteiger partial charge in [-0.25, -0.2) is 4.68 Å². The summed E-state index contributed by atoms with van der Waals surface area (Å²) in [5.74, 6) is 0.705. The highest BCUT2D eigenvalue weighted by atomic mass is 16.2. The van der Waals surface area contributed by atoms with Gasteiger partial charge in [0.05, 0.1) is 6.20 Å². The molecule has 1 N–H and O–H groups in total. The zero-order chi connectivity index (χ0) is 16.9. The number of nitrogens with one attached hydrogen (secondary N) is 1. The van der Waals surface area contributed by atoms with Crippen molar-refractivity contribution >= 4 is 5.91 Å². The SMILES string of the molecule is CC1CCN(Cc2ccc(CNC(=O)c3cnnn3C)cc2)CC1. The average Bonchev–Trinajstić information content (AvgIpc) is 3.02. The number of rotatable bonds is 5. The summed E-state index contributed by atoms with van der Waals surface area (Å²) in [6.45, 7) is 6.24. The summed E-state index contributed by atoms with van der Waals surface area (Å²) in [6, 6.07) is 8.49. The molecule has 2 aromatic rings. The zero-order valence-electron chi connectivity index (χ0n) is 14.4. The second-order valence-corrected chi connectivity index (χ2v) is 6.70. The Labute approximate surface area is 142 Å². The molecular formula is C18H25N5O. The van der Waals surface area contributed by atoms with E-state index in [0.717, 1.165) is 18.0 Å². The smallest absolute Gasteiger partial charge is 0.271 e. The molecule has 1 aromatic carbocycles. The molecule has 0 aliphatic carbocycles. The van der Waals surface area contributed by atoms with Crippen molar-refractivity contribution in [2.45, 2.75) is 32.9 Å². The molecule has 2 heterocycles. The lowest BCUT2D eigenvalue weighted by Gasteiger charge is -2.30. The van der Waals surface area contributed by atoms with Crippen LogP contribution in [0.15, 0.2) is 30.5 Å². The summed E-state index contributed by atoms with van der Waals surface area (Å²) in [4.78, 5) is 14.6. The van der Waals surface area contributed by atoms with Gasteiger partial charge in [-0.3, -0.25) is 9.69 Å². The third-order valence-electron chi connectivity index (χ3n) is 4.71. The molecule has 1 aliphatic rings. The Morgan fingerprint density at radius 3 is 2.50 bits per heavy atom. The van der Waals surface area contributed by atoms with E-state index in [1.807, 2.05) is 0 Å². The van der Waals surface area contributed by atoms with Crippen LogP contribution in [0.4, 0.5) is 0 Å². The summed E-state index contributed by atoms with van der Waals surface area (Å²) in [5, 5.41) is 10.4. The fraction of sp³-hybridized carbons (Fsp3) is 0.500. The molecule has 0 atom stereocenters. The van der Waals surface area contributed by atoms with Crippen molar-refractivity contribution in [2.24, 2.45) is 13.0 Å². The van der Waals surface area contributed by atoms with Crippen LogP contribution >= 0.6 is 0 Å². The molecular weight excluding hydrogens is 302 g/mol. The number of carbonyl (C=O) groups excluding carboxylic acids is 1. The predicted molar refractivity (Wildman–Crippen MR) is 92.3 cm³/mol. The molecule has 6 heteroatoms. The maximum absolute atomic E-state index is 12.0. The summed E-state index contributed by atoms with van der Waals surface area (Å²) in [6.07, 6.45) is 4.07. The van der Waals surface area contributed by atoms with Crippen molar-refractivity contribution in [3.63, 3.8) is 0 Å². The number of piperidine rings is 1. The van der Waals surface area contributed by atoms with Crippen LogP contribution in [0.2, 0.25) is 0 Å². The number of carbonyl (C=O) groups is 1. The Hall–Kier alpha value is -2.21. The third kappa shape index (κ3) is 4.20. The molecule has 1 aromatic heterocycles. The lowest BCUT2D eigenvalue weighted by molar-refractivity contribution is 0.0941. The predicted octanol–water partition coefficient (Wildman–Crippen LogP) is 1.98. The van der Waals surface area contributed by atoms with Gasteiger partial charge in [-0.1, -0.05) is 36.4 Å². The van der Waals surface area contributed by atoms with Crippen LogP contribution in [-0.4, -0.2) is 38.9 Å². The molecule has 0 unspecified atom stereocenters. The van der Waals surface area contributed by atoms with Crippen LogP contribution in [0.25, 0.3) is 0 Å². The first-order valence-corrected chi connectivity index (χ1v) is 8.55. The molecule has 1 fully saturated rings. The van der Waals surface area contributed by atoms with Gasteiger partial charge in [0.1, 0.15) is 5.69 Å². The van der Waals surface area contributed by atoms with Gasteiger partial charge in [-0.2, -0.15) is 0 Å². The number of hydrogen-bond acceptors (Lipinski definition) is 4. The monoisotopic (exact) mass is 327 g/mol. The van der Waals surface area contributed by atoms with Gasteiger partial charge < -0.3 is 5.32 Å². The Morgan fingerprint density at radius 1 is 1.21 bits per heavy atom. The van der Waals surface area contributed by atoms with Crippen molar-refractivity contribution in [2.75, 3.05) is 13.1 Å². The van der Waals surface area contributed by atoms with Crippen molar-refractivity contribution in [1.29, 1.82) is 0 Å². The molecule has 128 valence electrons. The van der Waals surface area contributed by atoms with Crippen molar-refractivity contribution in [3.8, 4) is 0 Å². The van der Waals surface area contributed by atoms with Crippen molar-refractivity contribution < 1.29 is 4.79 Å². The van der Waals surface area contributed by atoms with Crippen LogP contribution in [-0.2, 0) is 20.1 Å². The van der Waals surface area contributed by atoms with E-state index in [-0.39, 0.29) is 5.91 Å². The molecule has 0 saturated carbocycles. The van der Waals surface area contributed by atoms with E-state index in [4.69, 9.17) is 0 Å². The fourth-order valence-corrected chi connectivity index (χ4v) is 3.01. The van der Waals surface area contributed by atoms with Gasteiger partial charge >= 0.3 is 0 Å². The second kappa shape index (κ2) is 7.57. The summed E-state index contributed by atoms with van der Waals surface area (Å²) >= 11 is 0. The standard InChI is InChI=1S/C18H25N5O/c1-14-7-9-23(10-8-14)13-16-5-3-15(4-6-16)11-19-18(24)17-12-20-21-22(17)2/h3-6,12,14H,7-11,13H2,1-2H3,(H,19,24). The normalized spacial score (nSPS) is 16.2. The van der Waals surface area contributed by atoms with Crippen LogP contribution in [0.3, 0.4) is 0 Å². The van der Waals surface area contributed by atoms with Gasteiger partial charge in [0.15, 0.2) is 0 Å². The minimum atomic E-state index is -0.158. The quantitative estimate of drug-likeness (QED) is 0.912. The number of nitrogens with zero attached hydrogens (tertiary/aromatic N) is 4. The van der Waals surface area contributed by atoms with E-state index in [0.29, 0.717) is 12.2 Å². The van der Waals surface area contributed by atoms with E-state index in [9.17, 15) is 4.79 Å². The van der Waals surface area contributed by atoms with Crippen LogP contribution < -0.4 is 5.32 Å². The average molecular weight is 327 g/mol. The molecule has 1 amide bonds. The minimum absolute atomic E-state index is 0.158. The van der Waals surface area contributed by atoms with Crippen molar-refractivity contribution in [3.05, 3.63) is 47.3 Å². The highest BCUT2D eigenvalue weighted by Crippen LogP contribution is 2.18. The number of hydrogen-bond donors (Lipinski definition) is 1. The van der Waals surface area contributed by atoms with Gasteiger partial charge in [-0.15, -0.1) is 5.10 Å². The van der Waals surface area contributed by atoms with Gasteiger partial charge in [-0.05, 0) is 43.0 Å². The first kappa shape index (κ1) is 16.6. The van der Waals surface area contributed by atoms with E-state index in [1.54, 1.807) is 7.05 Å². The lowest BCUT2D eigenvalue weighted by atomic mass is 9.99. The molecule has 3 rings (SSSR count). The molecule has 1 saturated heterocycles. The fourth-order valence-electron chi connectivity index (χ4n) is 3.01. The molecule has 6 nitrogen and oxygen atoms in total. The van der Waals surface area contributed by atoms with Crippen LogP contribution in [0, 0.1) is 5.92 Å². The van der Waals surface area contributed by atoms with Crippen molar-refractivity contribution in [1.82, 2.24) is 25.2 Å². The first-order valence-electron chi connectivity index (χ1n) is 8.55. The maximum atomic E-state index is 12.0. The molecule has 0 bridgehead atoms. The Morgan fingerprint density at radius 2 is 1.88 bits per heavy atom. The topological polar surface area (TPSA) is 63.1 Å². The number of aromatic nitrogens is 3. The van der Waals surface area contributed by atoms with E-state index < -0.39 is 0 Å². The Kier molecular flexibility index (Phi) is 5.25. The van der Waals surface area contributed by atoms with Crippen LogP contribution in [0.1, 0.15) is 41.4 Å². The third-order valence-corrected chi connectivity index (χ3v) is 4.71. The highest BCUT2D eigenvalue weighted by Gasteiger charge is 2.15.